The van der Waals surface area contributed by atoms with Crippen molar-refractivity contribution in [1.82, 2.24) is 14.5 Å². The Morgan fingerprint density at radius 3 is 2.59 bits per heavy atom. The third-order valence-corrected chi connectivity index (χ3v) is 7.37. The molecule has 4 aromatic rings. The highest BCUT2D eigenvalue weighted by atomic mass is 32.2. The minimum Gasteiger partial charge on any atom is -0.290 e. The Kier molecular flexibility index (Phi) is 4.92. The van der Waals surface area contributed by atoms with Crippen molar-refractivity contribution >= 4 is 44.7 Å². The Morgan fingerprint density at radius 1 is 1.07 bits per heavy atom. The van der Waals surface area contributed by atoms with Crippen LogP contribution in [-0.2, 0) is 12.8 Å². The van der Waals surface area contributed by atoms with Crippen LogP contribution in [0.5, 0.6) is 0 Å². The lowest BCUT2D eigenvalue weighted by atomic mass is 10.0. The normalized spacial score (nSPS) is 11.4. The number of hydrogen-bond donors (Lipinski definition) is 0. The van der Waals surface area contributed by atoms with E-state index in [1.54, 1.807) is 34.7 Å². The van der Waals surface area contributed by atoms with Crippen LogP contribution in [0, 0.1) is 20.8 Å². The van der Waals surface area contributed by atoms with Crippen molar-refractivity contribution in [2.75, 3.05) is 0 Å². The van der Waals surface area contributed by atoms with Crippen LogP contribution >= 0.6 is 34.4 Å². The van der Waals surface area contributed by atoms with E-state index in [-0.39, 0.29) is 5.56 Å². The standard InChI is InChI=1S/C20H19N3OS3/c1-11-5-6-14(7-12(11)2)16-10-26-18-17(16)19(24)23(4)20(22-18)27-9-15-8-25-13(3)21-15/h5-8,10H,9H2,1-4H3. The summed E-state index contributed by atoms with van der Waals surface area (Å²) >= 11 is 4.73. The first kappa shape index (κ1) is 18.4. The van der Waals surface area contributed by atoms with Gasteiger partial charge in [-0.25, -0.2) is 9.97 Å². The van der Waals surface area contributed by atoms with Crippen molar-refractivity contribution in [2.24, 2.45) is 7.05 Å². The van der Waals surface area contributed by atoms with Crippen molar-refractivity contribution in [3.63, 3.8) is 0 Å². The molecule has 7 heteroatoms. The van der Waals surface area contributed by atoms with E-state index >= 15 is 0 Å². The van der Waals surface area contributed by atoms with Gasteiger partial charge in [-0.1, -0.05) is 30.0 Å². The Morgan fingerprint density at radius 2 is 1.89 bits per heavy atom. The van der Waals surface area contributed by atoms with E-state index in [2.05, 4.69) is 42.4 Å². The lowest BCUT2D eigenvalue weighted by Crippen LogP contribution is -2.19. The van der Waals surface area contributed by atoms with Crippen LogP contribution in [0.4, 0.5) is 0 Å². The van der Waals surface area contributed by atoms with E-state index in [4.69, 9.17) is 4.98 Å². The molecule has 0 unspecified atom stereocenters. The molecule has 0 bridgehead atoms. The van der Waals surface area contributed by atoms with E-state index < -0.39 is 0 Å². The number of thioether (sulfide) groups is 1. The molecule has 4 rings (SSSR count). The summed E-state index contributed by atoms with van der Waals surface area (Å²) in [6, 6.07) is 6.33. The molecule has 0 spiro atoms. The molecule has 27 heavy (non-hydrogen) atoms. The SMILES string of the molecule is Cc1nc(CSc2nc3scc(-c4ccc(C)c(C)c4)c3c(=O)n2C)cs1. The fourth-order valence-electron chi connectivity index (χ4n) is 2.92. The summed E-state index contributed by atoms with van der Waals surface area (Å²) in [7, 11) is 1.80. The van der Waals surface area contributed by atoms with Gasteiger partial charge in [0.2, 0.25) is 0 Å². The summed E-state index contributed by atoms with van der Waals surface area (Å²) in [6.45, 7) is 6.19. The van der Waals surface area contributed by atoms with Crippen LogP contribution in [-0.4, -0.2) is 14.5 Å². The van der Waals surface area contributed by atoms with Crippen molar-refractivity contribution in [1.29, 1.82) is 0 Å². The molecule has 1 aromatic carbocycles. The smallest absolute Gasteiger partial charge is 0.263 e. The summed E-state index contributed by atoms with van der Waals surface area (Å²) < 4.78 is 1.66. The first-order chi connectivity index (χ1) is 12.9. The van der Waals surface area contributed by atoms with Gasteiger partial charge in [0.05, 0.1) is 16.1 Å². The minimum absolute atomic E-state index is 0.00596. The van der Waals surface area contributed by atoms with E-state index in [9.17, 15) is 4.79 Å². The second kappa shape index (κ2) is 7.22. The second-order valence-electron chi connectivity index (χ2n) is 6.53. The molecule has 0 saturated heterocycles. The number of benzene rings is 1. The Hall–Kier alpha value is -1.96. The van der Waals surface area contributed by atoms with Crippen LogP contribution in [0.3, 0.4) is 0 Å². The quantitative estimate of drug-likeness (QED) is 0.335. The van der Waals surface area contributed by atoms with Gasteiger partial charge in [0, 0.05) is 29.1 Å². The molecule has 0 aliphatic carbocycles. The van der Waals surface area contributed by atoms with Gasteiger partial charge in [0.15, 0.2) is 5.16 Å². The molecule has 3 aromatic heterocycles. The molecule has 3 heterocycles. The van der Waals surface area contributed by atoms with Crippen molar-refractivity contribution in [2.45, 2.75) is 31.7 Å². The molecule has 0 atom stereocenters. The van der Waals surface area contributed by atoms with Crippen molar-refractivity contribution < 1.29 is 0 Å². The summed E-state index contributed by atoms with van der Waals surface area (Å²) in [5.74, 6) is 0.714. The zero-order valence-electron chi connectivity index (χ0n) is 15.6. The first-order valence-corrected chi connectivity index (χ1v) is 11.3. The fraction of sp³-hybridized carbons (Fsp3) is 0.250. The highest BCUT2D eigenvalue weighted by Crippen LogP contribution is 2.33. The summed E-state index contributed by atoms with van der Waals surface area (Å²) in [6.07, 6.45) is 0. The fourth-order valence-corrected chi connectivity index (χ4v) is 5.49. The Balaban J connectivity index is 1.74. The predicted molar refractivity (Wildman–Crippen MR) is 116 cm³/mol. The van der Waals surface area contributed by atoms with Gasteiger partial charge in [0.25, 0.3) is 5.56 Å². The van der Waals surface area contributed by atoms with Gasteiger partial charge < -0.3 is 0 Å². The van der Waals surface area contributed by atoms with Gasteiger partial charge in [-0.2, -0.15) is 0 Å². The van der Waals surface area contributed by atoms with E-state index in [1.807, 2.05) is 12.3 Å². The molecule has 0 radical (unpaired) electrons. The number of thiazole rings is 1. The van der Waals surface area contributed by atoms with Crippen LogP contribution < -0.4 is 5.56 Å². The maximum atomic E-state index is 13.1. The van der Waals surface area contributed by atoms with Gasteiger partial charge in [-0.3, -0.25) is 9.36 Å². The maximum absolute atomic E-state index is 13.1. The zero-order valence-corrected chi connectivity index (χ0v) is 18.0. The number of rotatable bonds is 4. The van der Waals surface area contributed by atoms with Crippen LogP contribution in [0.2, 0.25) is 0 Å². The largest absolute Gasteiger partial charge is 0.290 e. The first-order valence-electron chi connectivity index (χ1n) is 8.53. The summed E-state index contributed by atoms with van der Waals surface area (Å²) in [4.78, 5) is 23.1. The number of aryl methyl sites for hydroxylation is 3. The molecule has 0 aliphatic rings. The lowest BCUT2D eigenvalue weighted by molar-refractivity contribution is 0.728. The van der Waals surface area contributed by atoms with E-state index in [0.29, 0.717) is 11.1 Å². The molecule has 0 aliphatic heterocycles. The number of hydrogen-bond acceptors (Lipinski definition) is 6. The third-order valence-electron chi connectivity index (χ3n) is 4.61. The molecular formula is C20H19N3OS3. The molecule has 4 nitrogen and oxygen atoms in total. The highest BCUT2D eigenvalue weighted by Gasteiger charge is 2.16. The minimum atomic E-state index is 0.00596. The predicted octanol–water partition coefficient (Wildman–Crippen LogP) is 5.34. The maximum Gasteiger partial charge on any atom is 0.263 e. The third kappa shape index (κ3) is 3.47. The average Bonchev–Trinajstić information content (AvgIpc) is 3.25. The van der Waals surface area contributed by atoms with Gasteiger partial charge >= 0.3 is 0 Å². The number of nitrogens with zero attached hydrogens (tertiary/aromatic N) is 3. The zero-order chi connectivity index (χ0) is 19.1. The van der Waals surface area contributed by atoms with Crippen molar-refractivity contribution in [3.8, 4) is 11.1 Å². The molecule has 0 saturated carbocycles. The van der Waals surface area contributed by atoms with Gasteiger partial charge in [-0.05, 0) is 37.5 Å². The second-order valence-corrected chi connectivity index (χ2v) is 9.40. The van der Waals surface area contributed by atoms with Crippen LogP contribution in [0.1, 0.15) is 21.8 Å². The molecule has 0 fully saturated rings. The highest BCUT2D eigenvalue weighted by molar-refractivity contribution is 7.98. The molecule has 0 N–H and O–H groups in total. The number of thiophene rings is 1. The summed E-state index contributed by atoms with van der Waals surface area (Å²) in [5.41, 5.74) is 5.55. The molecule has 138 valence electrons. The molecular weight excluding hydrogens is 394 g/mol. The van der Waals surface area contributed by atoms with E-state index in [0.717, 1.165) is 31.8 Å². The van der Waals surface area contributed by atoms with Gasteiger partial charge in [0.1, 0.15) is 4.83 Å². The monoisotopic (exact) mass is 413 g/mol. The topological polar surface area (TPSA) is 47.8 Å². The van der Waals surface area contributed by atoms with Crippen LogP contribution in [0.15, 0.2) is 38.9 Å². The Bertz CT molecular complexity index is 1200. The molecule has 0 amide bonds. The van der Waals surface area contributed by atoms with Crippen molar-refractivity contribution in [3.05, 3.63) is 61.1 Å². The number of fused-ring (bicyclic) bond motifs is 1. The average molecular weight is 414 g/mol. The Labute approximate surface area is 169 Å². The van der Waals surface area contributed by atoms with Gasteiger partial charge in [-0.15, -0.1) is 22.7 Å². The van der Waals surface area contributed by atoms with E-state index in [1.165, 1.54) is 22.5 Å². The number of aromatic nitrogens is 3. The lowest BCUT2D eigenvalue weighted by Gasteiger charge is -2.08. The summed E-state index contributed by atoms with van der Waals surface area (Å²) in [5, 5.41) is 6.59. The van der Waals surface area contributed by atoms with Crippen LogP contribution in [0.25, 0.3) is 21.3 Å².